The molecule has 0 N–H and O–H groups in total. The second-order valence-electron chi connectivity index (χ2n) is 7.47. The van der Waals surface area contributed by atoms with Crippen LogP contribution in [-0.2, 0) is 36.0 Å². The molecule has 32 heavy (non-hydrogen) atoms. The first kappa shape index (κ1) is 22.3. The highest BCUT2D eigenvalue weighted by molar-refractivity contribution is 7.15. The van der Waals surface area contributed by atoms with E-state index in [9.17, 15) is 4.79 Å². The van der Waals surface area contributed by atoms with E-state index in [4.69, 9.17) is 21.1 Å². The van der Waals surface area contributed by atoms with Crippen LogP contribution < -0.4 is 4.74 Å². The lowest BCUT2D eigenvalue weighted by Crippen LogP contribution is -2.07. The fourth-order valence-corrected chi connectivity index (χ4v) is 4.84. The number of carbonyl (C=O) groups is 1. The van der Waals surface area contributed by atoms with Gasteiger partial charge in [-0.15, -0.1) is 11.3 Å². The van der Waals surface area contributed by atoms with Gasteiger partial charge < -0.3 is 14.0 Å². The third-order valence-corrected chi connectivity index (χ3v) is 6.77. The van der Waals surface area contributed by atoms with E-state index in [2.05, 4.69) is 21.5 Å². The zero-order valence-electron chi connectivity index (χ0n) is 18.4. The molecule has 0 bridgehead atoms. The number of ether oxygens (including phenoxy) is 2. The maximum absolute atomic E-state index is 12.5. The van der Waals surface area contributed by atoms with Gasteiger partial charge in [-0.2, -0.15) is 0 Å². The zero-order valence-corrected chi connectivity index (χ0v) is 20.0. The smallest absolute Gasteiger partial charge is 0.311 e. The highest BCUT2D eigenvalue weighted by atomic mass is 35.5. The first-order valence-corrected chi connectivity index (χ1v) is 11.5. The van der Waals surface area contributed by atoms with E-state index in [1.807, 2.05) is 38.2 Å². The van der Waals surface area contributed by atoms with Crippen LogP contribution in [0.15, 0.2) is 36.4 Å². The van der Waals surface area contributed by atoms with Crippen molar-refractivity contribution in [2.24, 2.45) is 7.05 Å². The van der Waals surface area contributed by atoms with Crippen LogP contribution in [0.2, 0.25) is 5.02 Å². The van der Waals surface area contributed by atoms with E-state index < -0.39 is 0 Å². The molecule has 2 heterocycles. The highest BCUT2D eigenvalue weighted by Crippen LogP contribution is 2.36. The molecule has 6 nitrogen and oxygen atoms in total. The van der Waals surface area contributed by atoms with Crippen LogP contribution in [0.25, 0.3) is 21.6 Å². The standard InChI is InChI=1S/C24H24ClN3O3S/c1-5-22-27-18-10-15(6-9-19(18)28(22)3)13-31-23(29)12-21-14(2)26-24(32-21)17-8-7-16(25)11-20(17)30-4/h6-11H,5,12-13H2,1-4H3. The summed E-state index contributed by atoms with van der Waals surface area (Å²) >= 11 is 7.52. The number of methoxy groups -OCH3 is 1. The number of hydrogen-bond acceptors (Lipinski definition) is 6. The van der Waals surface area contributed by atoms with Crippen LogP contribution >= 0.6 is 22.9 Å². The van der Waals surface area contributed by atoms with Gasteiger partial charge in [-0.05, 0) is 42.8 Å². The lowest BCUT2D eigenvalue weighted by atomic mass is 10.2. The van der Waals surface area contributed by atoms with Gasteiger partial charge in [0.25, 0.3) is 0 Å². The molecule has 0 aliphatic rings. The Kier molecular flexibility index (Phi) is 6.48. The number of fused-ring (bicyclic) bond motifs is 1. The zero-order chi connectivity index (χ0) is 22.8. The fourth-order valence-electron chi connectivity index (χ4n) is 3.60. The van der Waals surface area contributed by atoms with Crippen molar-refractivity contribution in [3.63, 3.8) is 0 Å². The number of imidazole rings is 1. The summed E-state index contributed by atoms with van der Waals surface area (Å²) in [6.45, 7) is 4.19. The van der Waals surface area contributed by atoms with Crippen LogP contribution in [0.3, 0.4) is 0 Å². The largest absolute Gasteiger partial charge is 0.496 e. The lowest BCUT2D eigenvalue weighted by Gasteiger charge is -2.06. The van der Waals surface area contributed by atoms with Gasteiger partial charge in [0.1, 0.15) is 23.2 Å². The minimum absolute atomic E-state index is 0.172. The quantitative estimate of drug-likeness (QED) is 0.333. The number of thiazole rings is 1. The van der Waals surface area contributed by atoms with Crippen LogP contribution in [0.5, 0.6) is 5.75 Å². The summed E-state index contributed by atoms with van der Waals surface area (Å²) in [5.41, 5.74) is 4.56. The number of esters is 1. The summed E-state index contributed by atoms with van der Waals surface area (Å²) in [6, 6.07) is 11.4. The van der Waals surface area contributed by atoms with Crippen molar-refractivity contribution in [1.82, 2.24) is 14.5 Å². The molecule has 2 aromatic carbocycles. The summed E-state index contributed by atoms with van der Waals surface area (Å²) < 4.78 is 13.1. The van der Waals surface area contributed by atoms with Crippen LogP contribution in [0.4, 0.5) is 0 Å². The molecule has 0 saturated carbocycles. The molecule has 0 aliphatic carbocycles. The van der Waals surface area contributed by atoms with Crippen LogP contribution in [0, 0.1) is 6.92 Å². The molecular weight excluding hydrogens is 446 g/mol. The third kappa shape index (κ3) is 4.49. The molecule has 0 saturated heterocycles. The summed E-state index contributed by atoms with van der Waals surface area (Å²) in [5, 5.41) is 1.38. The number of rotatable bonds is 7. The van der Waals surface area contributed by atoms with E-state index >= 15 is 0 Å². The molecule has 0 atom stereocenters. The second-order valence-corrected chi connectivity index (χ2v) is 8.99. The van der Waals surface area contributed by atoms with Gasteiger partial charge in [0, 0.05) is 23.4 Å². The Morgan fingerprint density at radius 2 is 2.00 bits per heavy atom. The van der Waals surface area contributed by atoms with Crippen LogP contribution in [-0.4, -0.2) is 27.6 Å². The molecule has 2 aromatic heterocycles. The molecule has 0 amide bonds. The Morgan fingerprint density at radius 3 is 2.75 bits per heavy atom. The van der Waals surface area contributed by atoms with Crippen molar-refractivity contribution in [3.8, 4) is 16.3 Å². The van der Waals surface area contributed by atoms with E-state index in [0.29, 0.717) is 10.8 Å². The van der Waals surface area contributed by atoms with Gasteiger partial charge in [-0.1, -0.05) is 24.6 Å². The fraction of sp³-hybridized carbons (Fsp3) is 0.292. The summed E-state index contributed by atoms with van der Waals surface area (Å²) in [6.07, 6.45) is 1.04. The average molecular weight is 470 g/mol. The van der Waals surface area contributed by atoms with Gasteiger partial charge in [-0.3, -0.25) is 4.79 Å². The van der Waals surface area contributed by atoms with Gasteiger partial charge in [-0.25, -0.2) is 9.97 Å². The first-order valence-electron chi connectivity index (χ1n) is 10.3. The van der Waals surface area contributed by atoms with Gasteiger partial charge in [0.15, 0.2) is 0 Å². The summed E-state index contributed by atoms with van der Waals surface area (Å²) in [7, 11) is 3.61. The van der Waals surface area contributed by atoms with Crippen molar-refractivity contribution >= 4 is 39.9 Å². The Hall–Kier alpha value is -2.90. The number of aryl methyl sites for hydroxylation is 3. The highest BCUT2D eigenvalue weighted by Gasteiger charge is 2.17. The average Bonchev–Trinajstić information content (AvgIpc) is 3.30. The maximum atomic E-state index is 12.5. The van der Waals surface area contributed by atoms with Crippen molar-refractivity contribution in [3.05, 3.63) is 63.4 Å². The Bertz CT molecular complexity index is 1300. The molecule has 0 unspecified atom stereocenters. The Balaban J connectivity index is 1.44. The first-order chi connectivity index (χ1) is 15.4. The number of benzene rings is 2. The molecule has 0 spiro atoms. The lowest BCUT2D eigenvalue weighted by molar-refractivity contribution is -0.144. The number of nitrogens with zero attached hydrogens (tertiary/aromatic N) is 3. The van der Waals surface area contributed by atoms with Gasteiger partial charge in [0.2, 0.25) is 0 Å². The Morgan fingerprint density at radius 1 is 1.19 bits per heavy atom. The molecular formula is C24H24ClN3O3S. The minimum atomic E-state index is -0.290. The van der Waals surface area contributed by atoms with Crippen LogP contribution in [0.1, 0.15) is 28.9 Å². The van der Waals surface area contributed by atoms with Crippen molar-refractivity contribution in [2.45, 2.75) is 33.3 Å². The van der Waals surface area contributed by atoms with E-state index in [1.165, 1.54) is 11.3 Å². The monoisotopic (exact) mass is 469 g/mol. The number of halogens is 1. The maximum Gasteiger partial charge on any atom is 0.311 e. The van der Waals surface area contributed by atoms with Gasteiger partial charge >= 0.3 is 5.97 Å². The molecule has 4 rings (SSSR count). The predicted octanol–water partition coefficient (Wildman–Crippen LogP) is 5.52. The third-order valence-electron chi connectivity index (χ3n) is 5.35. The van der Waals surface area contributed by atoms with Crippen molar-refractivity contribution in [1.29, 1.82) is 0 Å². The van der Waals surface area contributed by atoms with E-state index in [-0.39, 0.29) is 19.0 Å². The van der Waals surface area contributed by atoms with Crippen molar-refractivity contribution in [2.75, 3.05) is 7.11 Å². The predicted molar refractivity (Wildman–Crippen MR) is 127 cm³/mol. The van der Waals surface area contributed by atoms with E-state index in [0.717, 1.165) is 50.0 Å². The molecule has 0 radical (unpaired) electrons. The normalized spacial score (nSPS) is 11.2. The topological polar surface area (TPSA) is 66.2 Å². The van der Waals surface area contributed by atoms with E-state index in [1.54, 1.807) is 19.2 Å². The number of hydrogen-bond donors (Lipinski definition) is 0. The molecule has 166 valence electrons. The Labute approximate surface area is 195 Å². The van der Waals surface area contributed by atoms with Gasteiger partial charge in [0.05, 0.1) is 35.8 Å². The molecule has 0 fully saturated rings. The molecule has 0 aliphatic heterocycles. The van der Waals surface area contributed by atoms with Crippen molar-refractivity contribution < 1.29 is 14.3 Å². The number of carbonyl (C=O) groups excluding carboxylic acids is 1. The second kappa shape index (κ2) is 9.30. The summed E-state index contributed by atoms with van der Waals surface area (Å²) in [4.78, 5) is 22.7. The molecule has 4 aromatic rings. The summed E-state index contributed by atoms with van der Waals surface area (Å²) in [5.74, 6) is 1.39. The number of aromatic nitrogens is 3. The SMILES string of the molecule is CCc1nc2cc(COC(=O)Cc3sc(-c4ccc(Cl)cc4OC)nc3C)ccc2n1C. The minimum Gasteiger partial charge on any atom is -0.496 e. The molecule has 8 heteroatoms.